The third-order valence-corrected chi connectivity index (χ3v) is 4.48. The fourth-order valence-corrected chi connectivity index (χ4v) is 3.00. The summed E-state index contributed by atoms with van der Waals surface area (Å²) in [4.78, 5) is 28.9. The molecule has 0 bridgehead atoms. The number of hydrogen-bond donors (Lipinski definition) is 0. The molecule has 10 heteroatoms. The van der Waals surface area contributed by atoms with E-state index in [-0.39, 0.29) is 5.56 Å². The maximum atomic E-state index is 12.2. The number of nitro benzene ring substituents is 2. The summed E-state index contributed by atoms with van der Waals surface area (Å²) >= 11 is 0. The number of benzene rings is 3. The van der Waals surface area contributed by atoms with Crippen molar-refractivity contribution in [3.8, 4) is 17.2 Å². The predicted octanol–water partition coefficient (Wildman–Crippen LogP) is 4.44. The van der Waals surface area contributed by atoms with Crippen LogP contribution in [0.3, 0.4) is 0 Å². The molecule has 4 rings (SSSR count). The van der Waals surface area contributed by atoms with Crippen LogP contribution in [0.15, 0.2) is 64.0 Å². The van der Waals surface area contributed by atoms with E-state index in [1.165, 1.54) is 0 Å². The molecule has 1 aromatic heterocycles. The second kappa shape index (κ2) is 7.67. The van der Waals surface area contributed by atoms with Crippen molar-refractivity contribution in [2.75, 3.05) is 0 Å². The van der Waals surface area contributed by atoms with E-state index in [9.17, 15) is 25.3 Å². The third-order valence-electron chi connectivity index (χ3n) is 4.48. The molecule has 1 heterocycles. The lowest BCUT2D eigenvalue weighted by atomic mass is 10.1. The van der Waals surface area contributed by atoms with Crippen LogP contribution in [0.2, 0.25) is 0 Å². The van der Waals surface area contributed by atoms with Gasteiger partial charge in [-0.2, -0.15) is 0 Å². The first-order valence-electron chi connectivity index (χ1n) is 8.97. The Bertz CT molecular complexity index is 1380. The van der Waals surface area contributed by atoms with Gasteiger partial charge in [0.15, 0.2) is 5.58 Å². The van der Waals surface area contributed by atoms with Gasteiger partial charge in [-0.15, -0.1) is 0 Å². The number of fused-ring (bicyclic) bond motifs is 1. The Morgan fingerprint density at radius 2 is 1.84 bits per heavy atom. The lowest BCUT2D eigenvalue weighted by Crippen LogP contribution is -2.03. The minimum atomic E-state index is -0.957. The van der Waals surface area contributed by atoms with Crippen LogP contribution >= 0.6 is 0 Å². The Morgan fingerprint density at radius 3 is 2.55 bits per heavy atom. The predicted molar refractivity (Wildman–Crippen MR) is 111 cm³/mol. The summed E-state index contributed by atoms with van der Waals surface area (Å²) in [7, 11) is 0. The molecule has 0 atom stereocenters. The summed E-state index contributed by atoms with van der Waals surface area (Å²) in [5, 5.41) is 34.3. The van der Waals surface area contributed by atoms with Crippen LogP contribution in [0.1, 0.15) is 11.1 Å². The first-order chi connectivity index (χ1) is 14.8. The monoisotopic (exact) mass is 417 g/mol. The molecular weight excluding hydrogens is 404 g/mol. The van der Waals surface area contributed by atoms with E-state index < -0.39 is 27.0 Å². The van der Waals surface area contributed by atoms with Gasteiger partial charge < -0.3 is 9.52 Å². The molecule has 0 saturated heterocycles. The molecule has 31 heavy (non-hydrogen) atoms. The zero-order chi connectivity index (χ0) is 22.1. The van der Waals surface area contributed by atoms with Crippen molar-refractivity contribution in [1.29, 1.82) is 0 Å². The van der Waals surface area contributed by atoms with E-state index in [1.807, 2.05) is 31.2 Å². The van der Waals surface area contributed by atoms with Gasteiger partial charge in [0.2, 0.25) is 5.89 Å². The highest BCUT2D eigenvalue weighted by Gasteiger charge is 2.18. The molecule has 0 radical (unpaired) electrons. The lowest BCUT2D eigenvalue weighted by molar-refractivity contribution is -0.403. The highest BCUT2D eigenvalue weighted by molar-refractivity contribution is 5.89. The molecule has 0 spiro atoms. The quantitative estimate of drug-likeness (QED) is 0.265. The molecule has 0 unspecified atom stereocenters. The highest BCUT2D eigenvalue weighted by atomic mass is 16.6. The zero-order valence-electron chi connectivity index (χ0n) is 16.0. The zero-order valence-corrected chi connectivity index (χ0v) is 16.0. The van der Waals surface area contributed by atoms with Crippen LogP contribution in [-0.4, -0.2) is 21.0 Å². The van der Waals surface area contributed by atoms with Gasteiger partial charge in [0.1, 0.15) is 5.52 Å². The second-order valence-electron chi connectivity index (χ2n) is 6.70. The molecule has 10 nitrogen and oxygen atoms in total. The Balaban J connectivity index is 1.70. The van der Waals surface area contributed by atoms with Crippen LogP contribution in [0.4, 0.5) is 17.1 Å². The van der Waals surface area contributed by atoms with E-state index in [4.69, 9.17) is 4.42 Å². The first-order valence-corrected chi connectivity index (χ1v) is 8.97. The van der Waals surface area contributed by atoms with Crippen LogP contribution in [0.25, 0.3) is 22.6 Å². The number of rotatable bonds is 5. The first kappa shape index (κ1) is 19.7. The summed E-state index contributed by atoms with van der Waals surface area (Å²) in [6.45, 7) is 1.96. The number of oxazole rings is 1. The van der Waals surface area contributed by atoms with E-state index in [1.54, 1.807) is 18.2 Å². The molecule has 0 N–H and O–H groups in total. The normalized spacial score (nSPS) is 11.3. The van der Waals surface area contributed by atoms with Crippen molar-refractivity contribution < 1.29 is 19.4 Å². The molecule has 0 fully saturated rings. The Morgan fingerprint density at radius 1 is 1.03 bits per heavy atom. The number of aliphatic imine (C=N–C) groups is 1. The number of nitro groups is 2. The highest BCUT2D eigenvalue weighted by Crippen LogP contribution is 2.32. The minimum Gasteiger partial charge on any atom is -0.867 e. The van der Waals surface area contributed by atoms with Crippen molar-refractivity contribution in [3.05, 3.63) is 86.0 Å². The van der Waals surface area contributed by atoms with Crippen molar-refractivity contribution in [3.63, 3.8) is 0 Å². The van der Waals surface area contributed by atoms with Crippen molar-refractivity contribution in [2.45, 2.75) is 6.92 Å². The topological polar surface area (TPSA) is 148 Å². The maximum absolute atomic E-state index is 12.2. The smallest absolute Gasteiger partial charge is 0.276 e. The van der Waals surface area contributed by atoms with Crippen molar-refractivity contribution in [1.82, 2.24) is 4.98 Å². The molecule has 0 aliphatic heterocycles. The van der Waals surface area contributed by atoms with Crippen molar-refractivity contribution in [2.24, 2.45) is 4.99 Å². The minimum absolute atomic E-state index is 0.262. The van der Waals surface area contributed by atoms with Crippen LogP contribution in [-0.2, 0) is 0 Å². The Labute approximate surface area is 174 Å². The third kappa shape index (κ3) is 3.94. The van der Waals surface area contributed by atoms with Crippen molar-refractivity contribution >= 4 is 34.4 Å². The van der Waals surface area contributed by atoms with E-state index in [2.05, 4.69) is 9.98 Å². The SMILES string of the molecule is Cc1cccc(-c2nc3cc(N=Cc4cc([N+](=O)[O-])cc([N+](=O)[O-])c4[O-])ccc3o2)c1. The van der Waals surface area contributed by atoms with Gasteiger partial charge in [-0.25, -0.2) is 4.98 Å². The number of nitrogens with zero attached hydrogens (tertiary/aromatic N) is 4. The molecule has 0 saturated carbocycles. The summed E-state index contributed by atoms with van der Waals surface area (Å²) in [5.74, 6) is -0.514. The van der Waals surface area contributed by atoms with Gasteiger partial charge in [-0.3, -0.25) is 25.2 Å². The molecule has 4 aromatic rings. The van der Waals surface area contributed by atoms with Crippen LogP contribution in [0, 0.1) is 27.2 Å². The average Bonchev–Trinajstić information content (AvgIpc) is 3.16. The summed E-state index contributed by atoms with van der Waals surface area (Å²) in [5.41, 5.74) is 1.62. The fourth-order valence-electron chi connectivity index (χ4n) is 3.00. The lowest BCUT2D eigenvalue weighted by Gasteiger charge is -2.10. The summed E-state index contributed by atoms with van der Waals surface area (Å²) in [6, 6.07) is 14.1. The molecule has 0 aliphatic rings. The van der Waals surface area contributed by atoms with E-state index in [0.717, 1.165) is 23.4 Å². The molecule has 3 aromatic carbocycles. The summed E-state index contributed by atoms with van der Waals surface area (Å²) < 4.78 is 5.77. The standard InChI is InChI=1S/C21H14N4O6/c1-12-3-2-4-13(7-12)21-23-17-9-15(5-6-19(17)31-21)22-11-14-8-16(24(27)28)10-18(20(14)26)25(29)30/h2-11,26H,1H3/p-1. The summed E-state index contributed by atoms with van der Waals surface area (Å²) in [6.07, 6.45) is 1.06. The average molecular weight is 417 g/mol. The van der Waals surface area contributed by atoms with Gasteiger partial charge in [-0.1, -0.05) is 17.7 Å². The van der Waals surface area contributed by atoms with Gasteiger partial charge in [0.05, 0.1) is 21.6 Å². The van der Waals surface area contributed by atoms with Gasteiger partial charge in [0.25, 0.3) is 11.4 Å². The van der Waals surface area contributed by atoms with Crippen LogP contribution in [0.5, 0.6) is 5.75 Å². The molecule has 0 amide bonds. The van der Waals surface area contributed by atoms with E-state index in [0.29, 0.717) is 28.7 Å². The van der Waals surface area contributed by atoms with Gasteiger partial charge in [0, 0.05) is 17.8 Å². The number of non-ortho nitro benzene ring substituents is 1. The van der Waals surface area contributed by atoms with Crippen LogP contribution < -0.4 is 5.11 Å². The molecular formula is C21H13N4O6-. The van der Waals surface area contributed by atoms with Gasteiger partial charge >= 0.3 is 0 Å². The number of aromatic nitrogens is 1. The largest absolute Gasteiger partial charge is 0.867 e. The number of hydrogen-bond acceptors (Lipinski definition) is 8. The molecule has 154 valence electrons. The Kier molecular flexibility index (Phi) is 4.88. The second-order valence-corrected chi connectivity index (χ2v) is 6.70. The fraction of sp³-hybridized carbons (Fsp3) is 0.0476. The van der Waals surface area contributed by atoms with E-state index >= 15 is 0 Å². The maximum Gasteiger partial charge on any atom is 0.276 e. The van der Waals surface area contributed by atoms with Gasteiger partial charge in [-0.05, 0) is 48.6 Å². The molecule has 0 aliphatic carbocycles. The Hall–Kier alpha value is -4.60. The number of aryl methyl sites for hydroxylation is 1.